The summed E-state index contributed by atoms with van der Waals surface area (Å²) in [6.45, 7) is 7.02. The minimum Gasteiger partial charge on any atom is -0.0885 e. The molecular weight excluding hydrogens is 248 g/mol. The van der Waals surface area contributed by atoms with Crippen molar-refractivity contribution in [3.8, 4) is 0 Å². The van der Waals surface area contributed by atoms with Crippen molar-refractivity contribution in [1.82, 2.24) is 0 Å². The van der Waals surface area contributed by atoms with Gasteiger partial charge in [0.25, 0.3) is 0 Å². The molecule has 2 aliphatic carbocycles. The molecule has 2 aliphatic rings. The predicted molar refractivity (Wildman–Crippen MR) is 70.3 cm³/mol. The lowest BCUT2D eigenvalue weighted by Gasteiger charge is -2.28. The summed E-state index contributed by atoms with van der Waals surface area (Å²) in [7, 11) is 0. The first-order valence-electron chi connectivity index (χ1n) is 6.61. The summed E-state index contributed by atoms with van der Waals surface area (Å²) >= 11 is 3.86. The van der Waals surface area contributed by atoms with E-state index in [4.69, 9.17) is 0 Å². The normalized spacial score (nSPS) is 37.2. The quantitative estimate of drug-likeness (QED) is 0.634. The molecule has 0 aromatic carbocycles. The lowest BCUT2D eigenvalue weighted by Crippen LogP contribution is -2.22. The highest BCUT2D eigenvalue weighted by atomic mass is 79.9. The summed E-state index contributed by atoms with van der Waals surface area (Å²) in [5.74, 6) is 3.30. The van der Waals surface area contributed by atoms with Gasteiger partial charge >= 0.3 is 0 Å². The van der Waals surface area contributed by atoms with E-state index in [-0.39, 0.29) is 0 Å². The van der Waals surface area contributed by atoms with Gasteiger partial charge in [-0.3, -0.25) is 0 Å². The van der Waals surface area contributed by atoms with Gasteiger partial charge in [0.15, 0.2) is 0 Å². The Labute approximate surface area is 103 Å². The van der Waals surface area contributed by atoms with Crippen molar-refractivity contribution in [1.29, 1.82) is 0 Å². The highest BCUT2D eigenvalue weighted by Crippen LogP contribution is 2.50. The molecule has 0 aliphatic heterocycles. The zero-order chi connectivity index (χ0) is 11.1. The number of hydrogen-bond acceptors (Lipinski definition) is 0. The van der Waals surface area contributed by atoms with E-state index >= 15 is 0 Å². The van der Waals surface area contributed by atoms with Gasteiger partial charge in [-0.25, -0.2) is 0 Å². The monoisotopic (exact) mass is 272 g/mol. The maximum absolute atomic E-state index is 3.86. The molecule has 2 fully saturated rings. The molecule has 0 nitrogen and oxygen atoms in total. The van der Waals surface area contributed by atoms with Gasteiger partial charge < -0.3 is 0 Å². The topological polar surface area (TPSA) is 0 Å². The van der Waals surface area contributed by atoms with Gasteiger partial charge in [0, 0.05) is 4.83 Å². The Hall–Kier alpha value is 0.480. The summed E-state index contributed by atoms with van der Waals surface area (Å²) in [4.78, 5) is 0.698. The summed E-state index contributed by atoms with van der Waals surface area (Å²) in [5, 5.41) is 0. The highest BCUT2D eigenvalue weighted by Gasteiger charge is 2.39. The lowest BCUT2D eigenvalue weighted by molar-refractivity contribution is 0.286. The van der Waals surface area contributed by atoms with Crippen LogP contribution in [0.15, 0.2) is 0 Å². The third-order valence-corrected chi connectivity index (χ3v) is 6.45. The Morgan fingerprint density at radius 2 is 1.93 bits per heavy atom. The van der Waals surface area contributed by atoms with Gasteiger partial charge in [-0.05, 0) is 55.3 Å². The van der Waals surface area contributed by atoms with E-state index in [0.717, 1.165) is 17.8 Å². The molecule has 0 spiro atoms. The van der Waals surface area contributed by atoms with Crippen molar-refractivity contribution in [2.75, 3.05) is 0 Å². The van der Waals surface area contributed by atoms with Crippen molar-refractivity contribution in [2.24, 2.45) is 23.2 Å². The van der Waals surface area contributed by atoms with Crippen LogP contribution in [0.5, 0.6) is 0 Å². The number of rotatable bonds is 3. The lowest BCUT2D eigenvalue weighted by atomic mass is 9.82. The highest BCUT2D eigenvalue weighted by molar-refractivity contribution is 9.09. The van der Waals surface area contributed by atoms with Crippen molar-refractivity contribution < 1.29 is 0 Å². The van der Waals surface area contributed by atoms with Crippen LogP contribution in [0.1, 0.15) is 59.3 Å². The van der Waals surface area contributed by atoms with E-state index in [9.17, 15) is 0 Å². The first-order valence-corrected chi connectivity index (χ1v) is 7.52. The molecule has 2 saturated carbocycles. The Morgan fingerprint density at radius 3 is 2.40 bits per heavy atom. The van der Waals surface area contributed by atoms with E-state index in [1.807, 2.05) is 0 Å². The molecule has 0 heterocycles. The number of alkyl halides is 1. The Balaban J connectivity index is 1.75. The van der Waals surface area contributed by atoms with Gasteiger partial charge in [-0.15, -0.1) is 0 Å². The van der Waals surface area contributed by atoms with Crippen LogP contribution in [0.3, 0.4) is 0 Å². The van der Waals surface area contributed by atoms with Gasteiger partial charge in [0.1, 0.15) is 0 Å². The summed E-state index contributed by atoms with van der Waals surface area (Å²) in [6, 6.07) is 0. The average molecular weight is 273 g/mol. The molecule has 2 rings (SSSR count). The third-order valence-electron chi connectivity index (χ3n) is 4.62. The van der Waals surface area contributed by atoms with Gasteiger partial charge in [-0.1, -0.05) is 43.1 Å². The fourth-order valence-electron chi connectivity index (χ4n) is 3.52. The molecule has 2 bridgehead atoms. The minimum absolute atomic E-state index is 0.428. The second kappa shape index (κ2) is 4.39. The number of fused-ring (bicyclic) bond motifs is 2. The molecule has 0 N–H and O–H groups in total. The maximum atomic E-state index is 3.86. The smallest absolute Gasteiger partial charge is 0.0194 e. The number of halogens is 1. The summed E-state index contributed by atoms with van der Waals surface area (Å²) in [5.41, 5.74) is 0.428. The Kier molecular flexibility index (Phi) is 3.50. The number of hydrogen-bond donors (Lipinski definition) is 0. The van der Waals surface area contributed by atoms with Crippen LogP contribution >= 0.6 is 15.9 Å². The van der Waals surface area contributed by atoms with Crippen LogP contribution in [0.2, 0.25) is 0 Å². The third kappa shape index (κ3) is 2.78. The van der Waals surface area contributed by atoms with E-state index in [1.54, 1.807) is 12.8 Å². The van der Waals surface area contributed by atoms with Crippen LogP contribution < -0.4 is 0 Å². The second-order valence-corrected chi connectivity index (χ2v) is 7.95. The molecule has 15 heavy (non-hydrogen) atoms. The molecular formula is C14H25Br. The van der Waals surface area contributed by atoms with Crippen molar-refractivity contribution in [2.45, 2.75) is 64.1 Å². The SMILES string of the molecule is CC(C)(C)C(Br)CCC1CC2CCC1C2. The van der Waals surface area contributed by atoms with E-state index < -0.39 is 0 Å². The van der Waals surface area contributed by atoms with Crippen molar-refractivity contribution >= 4 is 15.9 Å². The van der Waals surface area contributed by atoms with E-state index in [0.29, 0.717) is 10.2 Å². The molecule has 0 aromatic rings. The Morgan fingerprint density at radius 1 is 1.20 bits per heavy atom. The molecule has 4 unspecified atom stereocenters. The molecule has 0 aromatic heterocycles. The first-order chi connectivity index (χ1) is 6.97. The zero-order valence-electron chi connectivity index (χ0n) is 10.4. The maximum Gasteiger partial charge on any atom is 0.0194 e. The zero-order valence-corrected chi connectivity index (χ0v) is 12.0. The predicted octanol–water partition coefficient (Wildman–Crippen LogP) is 5.01. The largest absolute Gasteiger partial charge is 0.0885 e. The van der Waals surface area contributed by atoms with Crippen LogP contribution in [0.4, 0.5) is 0 Å². The van der Waals surface area contributed by atoms with Gasteiger partial charge in [0.05, 0.1) is 0 Å². The van der Waals surface area contributed by atoms with Crippen molar-refractivity contribution in [3.05, 3.63) is 0 Å². The van der Waals surface area contributed by atoms with Crippen LogP contribution in [0, 0.1) is 23.2 Å². The molecule has 88 valence electrons. The van der Waals surface area contributed by atoms with Crippen LogP contribution in [-0.4, -0.2) is 4.83 Å². The Bertz CT molecular complexity index is 216. The molecule has 1 heteroatoms. The standard InChI is InChI=1S/C14H25Br/c1-14(2,3)13(15)7-6-12-9-10-4-5-11(12)8-10/h10-13H,4-9H2,1-3H3. The molecule has 0 radical (unpaired) electrons. The first kappa shape index (κ1) is 12.0. The second-order valence-electron chi connectivity index (χ2n) is 6.85. The van der Waals surface area contributed by atoms with E-state index in [2.05, 4.69) is 36.7 Å². The average Bonchev–Trinajstić information content (AvgIpc) is 2.73. The minimum atomic E-state index is 0.428. The fourth-order valence-corrected chi connectivity index (χ4v) is 3.79. The summed E-state index contributed by atoms with van der Waals surface area (Å²) < 4.78 is 0. The van der Waals surface area contributed by atoms with Crippen LogP contribution in [0.25, 0.3) is 0 Å². The molecule has 0 amide bonds. The molecule has 4 atom stereocenters. The van der Waals surface area contributed by atoms with Crippen LogP contribution in [-0.2, 0) is 0 Å². The van der Waals surface area contributed by atoms with E-state index in [1.165, 1.54) is 25.7 Å². The molecule has 0 saturated heterocycles. The van der Waals surface area contributed by atoms with Crippen molar-refractivity contribution in [3.63, 3.8) is 0 Å². The summed E-state index contributed by atoms with van der Waals surface area (Å²) in [6.07, 6.45) is 9.03. The fraction of sp³-hybridized carbons (Fsp3) is 1.00. The van der Waals surface area contributed by atoms with Gasteiger partial charge in [0.2, 0.25) is 0 Å². The van der Waals surface area contributed by atoms with Gasteiger partial charge in [-0.2, -0.15) is 0 Å².